The van der Waals surface area contributed by atoms with Gasteiger partial charge in [-0.3, -0.25) is 9.78 Å². The average molecular weight is 332 g/mol. The number of oxime groups is 1. The monoisotopic (exact) mass is 332 g/mol. The van der Waals surface area contributed by atoms with E-state index in [0.717, 1.165) is 23.4 Å². The zero-order chi connectivity index (χ0) is 17.1. The van der Waals surface area contributed by atoms with Gasteiger partial charge in [0.2, 0.25) is 0 Å². The van der Waals surface area contributed by atoms with Crippen LogP contribution in [0, 0.1) is 0 Å². The SMILES string of the molecule is O=C1NCCc2[nH]c(-c3ccnc(C=NOc4ccccc4)c3)cc21. The van der Waals surface area contributed by atoms with E-state index in [-0.39, 0.29) is 5.91 Å². The van der Waals surface area contributed by atoms with E-state index in [1.807, 2.05) is 48.5 Å². The van der Waals surface area contributed by atoms with Crippen LogP contribution >= 0.6 is 0 Å². The number of nitrogens with one attached hydrogen (secondary N) is 2. The summed E-state index contributed by atoms with van der Waals surface area (Å²) >= 11 is 0. The van der Waals surface area contributed by atoms with Crippen LogP contribution in [0.1, 0.15) is 21.7 Å². The molecule has 1 amide bonds. The fraction of sp³-hybridized carbons (Fsp3) is 0.105. The lowest BCUT2D eigenvalue weighted by molar-refractivity contribution is 0.0946. The van der Waals surface area contributed by atoms with Crippen molar-refractivity contribution in [1.29, 1.82) is 0 Å². The highest BCUT2D eigenvalue weighted by Crippen LogP contribution is 2.24. The van der Waals surface area contributed by atoms with Gasteiger partial charge in [0.15, 0.2) is 5.75 Å². The maximum Gasteiger partial charge on any atom is 0.253 e. The molecule has 6 heteroatoms. The van der Waals surface area contributed by atoms with Crippen LogP contribution in [0.25, 0.3) is 11.3 Å². The first-order valence-electron chi connectivity index (χ1n) is 8.01. The molecule has 124 valence electrons. The molecule has 0 saturated carbocycles. The molecule has 0 unspecified atom stereocenters. The summed E-state index contributed by atoms with van der Waals surface area (Å²) in [5.74, 6) is 0.633. The average Bonchev–Trinajstić information content (AvgIpc) is 3.09. The number of H-pyrrole nitrogens is 1. The van der Waals surface area contributed by atoms with Crippen LogP contribution in [0.3, 0.4) is 0 Å². The second-order valence-corrected chi connectivity index (χ2v) is 5.69. The molecule has 0 fully saturated rings. The third-order valence-corrected chi connectivity index (χ3v) is 3.98. The number of carbonyl (C=O) groups is 1. The highest BCUT2D eigenvalue weighted by atomic mass is 16.6. The number of fused-ring (bicyclic) bond motifs is 1. The third-order valence-electron chi connectivity index (χ3n) is 3.98. The first-order chi connectivity index (χ1) is 12.3. The van der Waals surface area contributed by atoms with Gasteiger partial charge in [0.25, 0.3) is 5.91 Å². The Balaban J connectivity index is 1.54. The summed E-state index contributed by atoms with van der Waals surface area (Å²) in [7, 11) is 0. The van der Waals surface area contributed by atoms with Gasteiger partial charge < -0.3 is 15.1 Å². The largest absolute Gasteiger partial charge is 0.358 e. The number of nitrogens with zero attached hydrogens (tertiary/aromatic N) is 2. The normalized spacial score (nSPS) is 13.5. The minimum Gasteiger partial charge on any atom is -0.358 e. The number of amides is 1. The minimum absolute atomic E-state index is 0.0316. The summed E-state index contributed by atoms with van der Waals surface area (Å²) in [6.45, 7) is 0.664. The highest BCUT2D eigenvalue weighted by Gasteiger charge is 2.19. The number of pyridine rings is 1. The van der Waals surface area contributed by atoms with E-state index < -0.39 is 0 Å². The second-order valence-electron chi connectivity index (χ2n) is 5.69. The molecule has 0 saturated heterocycles. The summed E-state index contributed by atoms with van der Waals surface area (Å²) in [6.07, 6.45) is 4.08. The van der Waals surface area contributed by atoms with Gasteiger partial charge in [-0.1, -0.05) is 23.4 Å². The molecule has 4 rings (SSSR count). The maximum atomic E-state index is 11.9. The summed E-state index contributed by atoms with van der Waals surface area (Å²) in [4.78, 5) is 24.8. The van der Waals surface area contributed by atoms with Crippen molar-refractivity contribution in [1.82, 2.24) is 15.3 Å². The van der Waals surface area contributed by atoms with Gasteiger partial charge in [-0.2, -0.15) is 0 Å². The first kappa shape index (κ1) is 15.1. The second kappa shape index (κ2) is 6.60. The van der Waals surface area contributed by atoms with Gasteiger partial charge >= 0.3 is 0 Å². The molecule has 2 N–H and O–H groups in total. The Labute approximate surface area is 144 Å². The van der Waals surface area contributed by atoms with Crippen molar-refractivity contribution in [3.05, 3.63) is 71.7 Å². The number of para-hydroxylation sites is 1. The van der Waals surface area contributed by atoms with E-state index in [4.69, 9.17) is 4.84 Å². The molecule has 3 heterocycles. The van der Waals surface area contributed by atoms with E-state index in [0.29, 0.717) is 23.6 Å². The number of carbonyl (C=O) groups excluding carboxylic acids is 1. The molecule has 0 atom stereocenters. The van der Waals surface area contributed by atoms with Crippen molar-refractivity contribution < 1.29 is 9.63 Å². The van der Waals surface area contributed by atoms with Gasteiger partial charge in [0.1, 0.15) is 0 Å². The zero-order valence-electron chi connectivity index (χ0n) is 13.4. The van der Waals surface area contributed by atoms with Crippen molar-refractivity contribution in [2.24, 2.45) is 5.16 Å². The van der Waals surface area contributed by atoms with Gasteiger partial charge in [-0.05, 0) is 30.3 Å². The summed E-state index contributed by atoms with van der Waals surface area (Å²) in [5, 5.41) is 6.81. The van der Waals surface area contributed by atoms with E-state index in [1.54, 1.807) is 12.4 Å². The summed E-state index contributed by atoms with van der Waals surface area (Å²) in [5.41, 5.74) is 4.19. The molecular weight excluding hydrogens is 316 g/mol. The van der Waals surface area contributed by atoms with Crippen LogP contribution in [-0.2, 0) is 6.42 Å². The lowest BCUT2D eigenvalue weighted by atomic mass is 10.1. The standard InChI is InChI=1S/C19H16N4O2/c24-19-16-11-18(23-17(16)7-9-21-19)13-6-8-20-14(10-13)12-22-25-15-4-2-1-3-5-15/h1-6,8,10-12,23H,7,9H2,(H,21,24). The highest BCUT2D eigenvalue weighted by molar-refractivity contribution is 5.97. The van der Waals surface area contributed by atoms with Crippen LogP contribution < -0.4 is 10.2 Å². The van der Waals surface area contributed by atoms with E-state index in [2.05, 4.69) is 20.4 Å². The van der Waals surface area contributed by atoms with Crippen molar-refractivity contribution in [2.75, 3.05) is 6.54 Å². The molecule has 1 aliphatic heterocycles. The first-order valence-corrected chi connectivity index (χ1v) is 8.01. The Morgan fingerprint density at radius 2 is 2.04 bits per heavy atom. The number of aromatic amines is 1. The third kappa shape index (κ3) is 3.28. The Bertz CT molecular complexity index is 932. The number of hydrogen-bond acceptors (Lipinski definition) is 4. The van der Waals surface area contributed by atoms with Crippen LogP contribution in [0.5, 0.6) is 5.75 Å². The van der Waals surface area contributed by atoms with Crippen molar-refractivity contribution in [2.45, 2.75) is 6.42 Å². The van der Waals surface area contributed by atoms with Crippen LogP contribution in [0.4, 0.5) is 0 Å². The Kier molecular flexibility index (Phi) is 4.00. The van der Waals surface area contributed by atoms with Crippen LogP contribution in [0.15, 0.2) is 59.9 Å². The fourth-order valence-electron chi connectivity index (χ4n) is 2.76. The van der Waals surface area contributed by atoms with Gasteiger partial charge in [0.05, 0.1) is 17.5 Å². The van der Waals surface area contributed by atoms with Crippen molar-refractivity contribution in [3.63, 3.8) is 0 Å². The number of hydrogen-bond donors (Lipinski definition) is 2. The summed E-state index contributed by atoms with van der Waals surface area (Å²) in [6, 6.07) is 15.0. The molecule has 1 aromatic carbocycles. The van der Waals surface area contributed by atoms with E-state index in [1.165, 1.54) is 0 Å². The minimum atomic E-state index is -0.0316. The smallest absolute Gasteiger partial charge is 0.253 e. The van der Waals surface area contributed by atoms with Crippen LogP contribution in [0.2, 0.25) is 0 Å². The predicted molar refractivity (Wildman–Crippen MR) is 94.7 cm³/mol. The molecule has 0 spiro atoms. The molecule has 0 aliphatic carbocycles. The quantitative estimate of drug-likeness (QED) is 0.569. The predicted octanol–water partition coefficient (Wildman–Crippen LogP) is 2.78. The van der Waals surface area contributed by atoms with E-state index >= 15 is 0 Å². The van der Waals surface area contributed by atoms with E-state index in [9.17, 15) is 4.79 Å². The molecule has 0 radical (unpaired) electrons. The molecule has 1 aliphatic rings. The topological polar surface area (TPSA) is 79.4 Å². The van der Waals surface area contributed by atoms with Gasteiger partial charge in [0, 0.05) is 36.1 Å². The van der Waals surface area contributed by atoms with Gasteiger partial charge in [-0.25, -0.2) is 0 Å². The molecule has 25 heavy (non-hydrogen) atoms. The Morgan fingerprint density at radius 1 is 1.16 bits per heavy atom. The van der Waals surface area contributed by atoms with Crippen molar-refractivity contribution in [3.8, 4) is 17.0 Å². The molecule has 2 aromatic heterocycles. The summed E-state index contributed by atoms with van der Waals surface area (Å²) < 4.78 is 0. The van der Waals surface area contributed by atoms with Gasteiger partial charge in [-0.15, -0.1) is 0 Å². The zero-order valence-corrected chi connectivity index (χ0v) is 13.4. The Morgan fingerprint density at radius 3 is 2.88 bits per heavy atom. The van der Waals surface area contributed by atoms with Crippen LogP contribution in [-0.4, -0.2) is 28.6 Å². The molecule has 6 nitrogen and oxygen atoms in total. The lowest BCUT2D eigenvalue weighted by Crippen LogP contribution is -2.31. The molecule has 0 bridgehead atoms. The lowest BCUT2D eigenvalue weighted by Gasteiger charge is -2.10. The molecule has 3 aromatic rings. The number of rotatable bonds is 4. The number of aromatic nitrogens is 2. The fourth-order valence-corrected chi connectivity index (χ4v) is 2.76. The number of benzene rings is 1. The molecular formula is C19H16N4O2. The Hall–Kier alpha value is -3.41. The maximum absolute atomic E-state index is 11.9. The van der Waals surface area contributed by atoms with Crippen molar-refractivity contribution >= 4 is 12.1 Å².